The first-order valence-corrected chi connectivity index (χ1v) is 6.17. The number of rotatable bonds is 4. The van der Waals surface area contributed by atoms with Crippen molar-refractivity contribution >= 4 is 16.7 Å². The molecule has 1 N–H and O–H groups in total. The lowest BCUT2D eigenvalue weighted by molar-refractivity contribution is 0.690. The number of nitrogens with one attached hydrogen (secondary N) is 1. The van der Waals surface area contributed by atoms with Gasteiger partial charge in [0.05, 0.1) is 17.6 Å². The number of hydrogen-bond donors (Lipinski definition) is 1. The van der Waals surface area contributed by atoms with Crippen LogP contribution in [0.1, 0.15) is 32.4 Å². The normalized spacial score (nSPS) is 12.9. The van der Waals surface area contributed by atoms with E-state index in [4.69, 9.17) is 0 Å². The molecule has 4 heteroatoms. The lowest BCUT2D eigenvalue weighted by atomic mass is 10.2. The van der Waals surface area contributed by atoms with Crippen LogP contribution in [0.25, 0.3) is 11.0 Å². The summed E-state index contributed by atoms with van der Waals surface area (Å²) in [6.07, 6.45) is 4.25. The molecule has 0 aliphatic heterocycles. The maximum atomic E-state index is 4.45. The molecule has 0 amide bonds. The summed E-state index contributed by atoms with van der Waals surface area (Å²) in [7, 11) is 1.93. The average molecular weight is 232 g/mol. The Balaban J connectivity index is 2.28. The smallest absolute Gasteiger partial charge is 0.157 e. The standard InChI is InChI=1S/C13H20N4/c1-5-6-9(2)15-11-7-12-10(3)16-17(4)13(12)14-8-11/h7-9,15H,5-6H2,1-4H3/t9-/m1/s1. The first kappa shape index (κ1) is 11.9. The molecule has 0 aliphatic rings. The zero-order valence-electron chi connectivity index (χ0n) is 11.0. The zero-order chi connectivity index (χ0) is 12.4. The molecule has 4 nitrogen and oxygen atoms in total. The maximum Gasteiger partial charge on any atom is 0.157 e. The number of pyridine rings is 1. The van der Waals surface area contributed by atoms with Crippen molar-refractivity contribution < 1.29 is 0 Å². The molecule has 0 bridgehead atoms. The molecular weight excluding hydrogens is 212 g/mol. The molecular formula is C13H20N4. The number of hydrogen-bond acceptors (Lipinski definition) is 3. The minimum Gasteiger partial charge on any atom is -0.381 e. The van der Waals surface area contributed by atoms with Crippen molar-refractivity contribution in [2.24, 2.45) is 7.05 Å². The predicted molar refractivity (Wildman–Crippen MR) is 71.2 cm³/mol. The van der Waals surface area contributed by atoms with Crippen LogP contribution in [-0.4, -0.2) is 20.8 Å². The van der Waals surface area contributed by atoms with Crippen molar-refractivity contribution in [1.29, 1.82) is 0 Å². The van der Waals surface area contributed by atoms with Gasteiger partial charge in [-0.25, -0.2) is 4.98 Å². The second-order valence-corrected chi connectivity index (χ2v) is 4.64. The minimum atomic E-state index is 0.483. The maximum absolute atomic E-state index is 4.45. The fraction of sp³-hybridized carbons (Fsp3) is 0.538. The van der Waals surface area contributed by atoms with Crippen molar-refractivity contribution in [2.75, 3.05) is 5.32 Å². The SMILES string of the molecule is CCC[C@@H](C)Nc1cnc2c(c1)c(C)nn2C. The van der Waals surface area contributed by atoms with Gasteiger partial charge in [0.15, 0.2) is 5.65 Å². The van der Waals surface area contributed by atoms with Gasteiger partial charge in [-0.1, -0.05) is 13.3 Å². The summed E-state index contributed by atoms with van der Waals surface area (Å²) in [5.74, 6) is 0. The van der Waals surface area contributed by atoms with E-state index in [2.05, 4.69) is 35.3 Å². The van der Waals surface area contributed by atoms with Crippen molar-refractivity contribution in [2.45, 2.75) is 39.7 Å². The summed E-state index contributed by atoms with van der Waals surface area (Å²) in [6.45, 7) is 6.41. The van der Waals surface area contributed by atoms with E-state index in [1.54, 1.807) is 0 Å². The van der Waals surface area contributed by atoms with Gasteiger partial charge in [0.25, 0.3) is 0 Å². The molecule has 2 aromatic rings. The molecule has 0 saturated carbocycles. The molecule has 0 aromatic carbocycles. The fourth-order valence-corrected chi connectivity index (χ4v) is 2.18. The molecule has 0 spiro atoms. The molecule has 0 aliphatic carbocycles. The Hall–Kier alpha value is -1.58. The lowest BCUT2D eigenvalue weighted by Crippen LogP contribution is -2.14. The summed E-state index contributed by atoms with van der Waals surface area (Å²) in [6, 6.07) is 2.62. The van der Waals surface area contributed by atoms with Crippen molar-refractivity contribution in [3.05, 3.63) is 18.0 Å². The van der Waals surface area contributed by atoms with Gasteiger partial charge in [0, 0.05) is 18.5 Å². The number of anilines is 1. The van der Waals surface area contributed by atoms with Crippen LogP contribution in [0.3, 0.4) is 0 Å². The van der Waals surface area contributed by atoms with Gasteiger partial charge in [-0.2, -0.15) is 5.10 Å². The van der Waals surface area contributed by atoms with Gasteiger partial charge < -0.3 is 5.32 Å². The van der Waals surface area contributed by atoms with E-state index in [1.807, 2.05) is 24.9 Å². The summed E-state index contributed by atoms with van der Waals surface area (Å²) in [5.41, 5.74) is 3.05. The average Bonchev–Trinajstić information content (AvgIpc) is 2.55. The molecule has 0 saturated heterocycles. The Morgan fingerprint density at radius 2 is 2.24 bits per heavy atom. The van der Waals surface area contributed by atoms with Crippen LogP contribution in [-0.2, 0) is 7.05 Å². The Labute approximate surface area is 102 Å². The van der Waals surface area contributed by atoms with E-state index in [0.717, 1.165) is 22.4 Å². The van der Waals surface area contributed by atoms with Crippen molar-refractivity contribution in [3.63, 3.8) is 0 Å². The second-order valence-electron chi connectivity index (χ2n) is 4.64. The second kappa shape index (κ2) is 4.73. The first-order chi connectivity index (χ1) is 8.11. The number of nitrogens with zero attached hydrogens (tertiary/aromatic N) is 3. The van der Waals surface area contributed by atoms with Gasteiger partial charge in [0.1, 0.15) is 0 Å². The van der Waals surface area contributed by atoms with Crippen LogP contribution in [0, 0.1) is 6.92 Å². The highest BCUT2D eigenvalue weighted by molar-refractivity contribution is 5.81. The molecule has 2 rings (SSSR count). The molecule has 1 atom stereocenters. The van der Waals surface area contributed by atoms with Gasteiger partial charge in [-0.05, 0) is 26.3 Å². The Bertz CT molecular complexity index is 515. The molecule has 0 unspecified atom stereocenters. The van der Waals surface area contributed by atoms with Gasteiger partial charge in [0.2, 0.25) is 0 Å². The minimum absolute atomic E-state index is 0.483. The number of fused-ring (bicyclic) bond motifs is 1. The van der Waals surface area contributed by atoms with E-state index in [1.165, 1.54) is 12.8 Å². The van der Waals surface area contributed by atoms with Crippen molar-refractivity contribution in [1.82, 2.24) is 14.8 Å². The lowest BCUT2D eigenvalue weighted by Gasteiger charge is -2.13. The van der Waals surface area contributed by atoms with E-state index in [-0.39, 0.29) is 0 Å². The largest absolute Gasteiger partial charge is 0.381 e. The van der Waals surface area contributed by atoms with E-state index >= 15 is 0 Å². The molecule has 0 radical (unpaired) electrons. The molecule has 92 valence electrons. The highest BCUT2D eigenvalue weighted by atomic mass is 15.3. The predicted octanol–water partition coefficient (Wildman–Crippen LogP) is 2.88. The molecule has 2 aromatic heterocycles. The summed E-state index contributed by atoms with van der Waals surface area (Å²) >= 11 is 0. The van der Waals surface area contributed by atoms with Crippen LogP contribution < -0.4 is 5.32 Å². The van der Waals surface area contributed by atoms with Crippen LogP contribution in [0.5, 0.6) is 0 Å². The highest BCUT2D eigenvalue weighted by Gasteiger charge is 2.08. The first-order valence-electron chi connectivity index (χ1n) is 6.17. The van der Waals surface area contributed by atoms with E-state index in [0.29, 0.717) is 6.04 Å². The van der Waals surface area contributed by atoms with Crippen LogP contribution >= 0.6 is 0 Å². The molecule has 0 fully saturated rings. The monoisotopic (exact) mass is 232 g/mol. The Morgan fingerprint density at radius 1 is 1.47 bits per heavy atom. The van der Waals surface area contributed by atoms with Crippen LogP contribution in [0.2, 0.25) is 0 Å². The Morgan fingerprint density at radius 3 is 2.94 bits per heavy atom. The third-order valence-corrected chi connectivity index (χ3v) is 3.00. The fourth-order valence-electron chi connectivity index (χ4n) is 2.18. The van der Waals surface area contributed by atoms with Crippen molar-refractivity contribution in [3.8, 4) is 0 Å². The summed E-state index contributed by atoms with van der Waals surface area (Å²) in [4.78, 5) is 4.45. The van der Waals surface area contributed by atoms with Gasteiger partial charge in [-0.15, -0.1) is 0 Å². The van der Waals surface area contributed by atoms with Gasteiger partial charge >= 0.3 is 0 Å². The number of aryl methyl sites for hydroxylation is 2. The van der Waals surface area contributed by atoms with Crippen LogP contribution in [0.4, 0.5) is 5.69 Å². The molecule has 2 heterocycles. The topological polar surface area (TPSA) is 42.7 Å². The van der Waals surface area contributed by atoms with E-state index < -0.39 is 0 Å². The van der Waals surface area contributed by atoms with E-state index in [9.17, 15) is 0 Å². The van der Waals surface area contributed by atoms with Crippen LogP contribution in [0.15, 0.2) is 12.3 Å². The molecule has 17 heavy (non-hydrogen) atoms. The summed E-state index contributed by atoms with van der Waals surface area (Å²) in [5, 5.41) is 8.97. The number of aromatic nitrogens is 3. The quantitative estimate of drug-likeness (QED) is 0.881. The third kappa shape index (κ3) is 2.40. The van der Waals surface area contributed by atoms with Gasteiger partial charge in [-0.3, -0.25) is 4.68 Å². The highest BCUT2D eigenvalue weighted by Crippen LogP contribution is 2.20. The zero-order valence-corrected chi connectivity index (χ0v) is 11.0. The Kier molecular flexibility index (Phi) is 3.31. The summed E-state index contributed by atoms with van der Waals surface area (Å²) < 4.78 is 1.82. The third-order valence-electron chi connectivity index (χ3n) is 3.00.